The van der Waals surface area contributed by atoms with Crippen LogP contribution in [0.3, 0.4) is 0 Å². The van der Waals surface area contributed by atoms with E-state index in [1.54, 1.807) is 26.2 Å². The Morgan fingerprint density at radius 1 is 1.53 bits per heavy atom. The fourth-order valence-electron chi connectivity index (χ4n) is 1.35. The molecule has 1 aromatic rings. The highest BCUT2D eigenvalue weighted by molar-refractivity contribution is 5.93. The third-order valence-corrected chi connectivity index (χ3v) is 2.48. The molecule has 1 heterocycles. The average molecular weight is 237 g/mol. The first kappa shape index (κ1) is 13.4. The van der Waals surface area contributed by atoms with Crippen molar-refractivity contribution < 1.29 is 9.90 Å². The third-order valence-electron chi connectivity index (χ3n) is 2.48. The number of carbonyl (C=O) groups excluding carboxylic acids is 1. The lowest BCUT2D eigenvalue weighted by molar-refractivity contribution is 0.0827. The zero-order valence-corrected chi connectivity index (χ0v) is 10.5. The van der Waals surface area contributed by atoms with Crippen LogP contribution in [-0.4, -0.2) is 47.6 Å². The molecule has 1 rings (SSSR count). The van der Waals surface area contributed by atoms with Gasteiger partial charge < -0.3 is 15.3 Å². The molecule has 0 aliphatic rings. The van der Waals surface area contributed by atoms with Crippen LogP contribution >= 0.6 is 0 Å². The number of hydrogen-bond acceptors (Lipinski definition) is 4. The minimum atomic E-state index is -0.0711. The first-order valence-electron chi connectivity index (χ1n) is 5.63. The minimum absolute atomic E-state index is 0.00194. The van der Waals surface area contributed by atoms with E-state index in [4.69, 9.17) is 5.11 Å². The normalized spacial score (nSPS) is 12.0. The van der Waals surface area contributed by atoms with Gasteiger partial charge in [0.2, 0.25) is 0 Å². The monoisotopic (exact) mass is 237 g/mol. The Hall–Kier alpha value is -1.62. The van der Waals surface area contributed by atoms with Crippen LogP contribution in [0.1, 0.15) is 23.7 Å². The fourth-order valence-corrected chi connectivity index (χ4v) is 1.35. The van der Waals surface area contributed by atoms with Gasteiger partial charge in [-0.25, -0.2) is 4.98 Å². The van der Waals surface area contributed by atoms with Crippen molar-refractivity contribution in [2.45, 2.75) is 19.4 Å². The Bertz CT molecular complexity index is 359. The van der Waals surface area contributed by atoms with Crippen LogP contribution in [0.25, 0.3) is 0 Å². The van der Waals surface area contributed by atoms with E-state index in [-0.39, 0.29) is 18.6 Å². The second kappa shape index (κ2) is 6.20. The van der Waals surface area contributed by atoms with Crippen molar-refractivity contribution in [3.8, 4) is 0 Å². The molecule has 0 aliphatic heterocycles. The van der Waals surface area contributed by atoms with Gasteiger partial charge in [0.15, 0.2) is 0 Å². The summed E-state index contributed by atoms with van der Waals surface area (Å²) in [4.78, 5) is 17.3. The van der Waals surface area contributed by atoms with Crippen LogP contribution < -0.4 is 5.32 Å². The van der Waals surface area contributed by atoms with Gasteiger partial charge in [0.25, 0.3) is 5.91 Å². The topological polar surface area (TPSA) is 65.5 Å². The molecule has 0 bridgehead atoms. The van der Waals surface area contributed by atoms with Crippen LogP contribution in [0, 0.1) is 0 Å². The highest BCUT2D eigenvalue weighted by Gasteiger charge is 2.09. The summed E-state index contributed by atoms with van der Waals surface area (Å²) in [6, 6.07) is 3.47. The van der Waals surface area contributed by atoms with E-state index in [2.05, 4.69) is 10.3 Å². The lowest BCUT2D eigenvalue weighted by Gasteiger charge is -2.15. The molecule has 0 radical (unpaired) electrons. The van der Waals surface area contributed by atoms with Crippen LogP contribution in [0.4, 0.5) is 5.82 Å². The molecular weight excluding hydrogens is 218 g/mol. The number of hydrogen-bond donors (Lipinski definition) is 2. The molecule has 1 aromatic heterocycles. The Morgan fingerprint density at radius 3 is 2.65 bits per heavy atom. The van der Waals surface area contributed by atoms with Gasteiger partial charge >= 0.3 is 0 Å². The van der Waals surface area contributed by atoms with E-state index in [1.165, 1.54) is 11.1 Å². The summed E-state index contributed by atoms with van der Waals surface area (Å²) in [5, 5.41) is 12.1. The van der Waals surface area contributed by atoms with Crippen molar-refractivity contribution in [3.05, 3.63) is 23.9 Å². The largest absolute Gasteiger partial charge is 0.394 e. The maximum absolute atomic E-state index is 11.6. The summed E-state index contributed by atoms with van der Waals surface area (Å²) in [5.74, 6) is 0.597. The molecule has 0 spiro atoms. The predicted molar refractivity (Wildman–Crippen MR) is 67.0 cm³/mol. The first-order chi connectivity index (χ1) is 8.08. The molecular formula is C12H19N3O2. The molecule has 5 heteroatoms. The van der Waals surface area contributed by atoms with Crippen molar-refractivity contribution in [1.29, 1.82) is 0 Å². The molecule has 1 amide bonds. The molecule has 0 fully saturated rings. The van der Waals surface area contributed by atoms with Crippen LogP contribution in [-0.2, 0) is 0 Å². The van der Waals surface area contributed by atoms with E-state index >= 15 is 0 Å². The Balaban J connectivity index is 2.71. The van der Waals surface area contributed by atoms with Gasteiger partial charge in [-0.15, -0.1) is 0 Å². The summed E-state index contributed by atoms with van der Waals surface area (Å²) >= 11 is 0. The molecule has 0 aliphatic carbocycles. The molecule has 2 N–H and O–H groups in total. The predicted octanol–water partition coefficient (Wildman–Crippen LogP) is 0.966. The van der Waals surface area contributed by atoms with E-state index in [9.17, 15) is 4.79 Å². The zero-order valence-electron chi connectivity index (χ0n) is 10.5. The van der Waals surface area contributed by atoms with Crippen LogP contribution in [0.15, 0.2) is 18.3 Å². The quantitative estimate of drug-likeness (QED) is 0.800. The maximum Gasteiger partial charge on any atom is 0.254 e. The van der Waals surface area contributed by atoms with Gasteiger partial charge in [0, 0.05) is 20.3 Å². The van der Waals surface area contributed by atoms with Gasteiger partial charge in [-0.1, -0.05) is 6.92 Å². The summed E-state index contributed by atoms with van der Waals surface area (Å²) in [7, 11) is 3.40. The van der Waals surface area contributed by atoms with Crippen LogP contribution in [0.5, 0.6) is 0 Å². The van der Waals surface area contributed by atoms with E-state index in [0.29, 0.717) is 11.4 Å². The van der Waals surface area contributed by atoms with Crippen molar-refractivity contribution in [1.82, 2.24) is 9.88 Å². The molecule has 17 heavy (non-hydrogen) atoms. The highest BCUT2D eigenvalue weighted by Crippen LogP contribution is 2.09. The molecule has 0 unspecified atom stereocenters. The standard InChI is InChI=1S/C12H19N3O2/c1-4-10(8-16)14-11-6-5-9(7-13-11)12(17)15(2)3/h5-7,10,16H,4,8H2,1-3H3,(H,13,14)/t10-/m1/s1. The van der Waals surface area contributed by atoms with Crippen LogP contribution in [0.2, 0.25) is 0 Å². The maximum atomic E-state index is 11.6. The number of pyridine rings is 1. The van der Waals surface area contributed by atoms with Crippen molar-refractivity contribution >= 4 is 11.7 Å². The van der Waals surface area contributed by atoms with Gasteiger partial charge in [-0.05, 0) is 18.6 Å². The van der Waals surface area contributed by atoms with Gasteiger partial charge in [-0.3, -0.25) is 4.79 Å². The number of carbonyl (C=O) groups is 1. The van der Waals surface area contributed by atoms with Crippen molar-refractivity contribution in [2.24, 2.45) is 0 Å². The molecule has 0 saturated heterocycles. The number of anilines is 1. The molecule has 0 aromatic carbocycles. The first-order valence-corrected chi connectivity index (χ1v) is 5.63. The summed E-state index contributed by atoms with van der Waals surface area (Å²) in [6.45, 7) is 2.05. The Labute approximate surface area is 101 Å². The van der Waals surface area contributed by atoms with E-state index < -0.39 is 0 Å². The molecule has 1 atom stereocenters. The zero-order chi connectivity index (χ0) is 12.8. The number of aliphatic hydroxyl groups excluding tert-OH is 1. The number of amides is 1. The van der Waals surface area contributed by atoms with Gasteiger partial charge in [0.05, 0.1) is 18.2 Å². The number of aromatic nitrogens is 1. The van der Waals surface area contributed by atoms with Crippen molar-refractivity contribution in [3.63, 3.8) is 0 Å². The van der Waals surface area contributed by atoms with Gasteiger partial charge in [-0.2, -0.15) is 0 Å². The Kier molecular flexibility index (Phi) is 4.90. The van der Waals surface area contributed by atoms with E-state index in [1.807, 2.05) is 6.92 Å². The smallest absolute Gasteiger partial charge is 0.254 e. The second-order valence-electron chi connectivity index (χ2n) is 4.06. The highest BCUT2D eigenvalue weighted by atomic mass is 16.3. The molecule has 0 saturated carbocycles. The lowest BCUT2D eigenvalue weighted by atomic mass is 10.2. The molecule has 5 nitrogen and oxygen atoms in total. The third kappa shape index (κ3) is 3.71. The average Bonchev–Trinajstić information content (AvgIpc) is 2.35. The lowest BCUT2D eigenvalue weighted by Crippen LogP contribution is -2.24. The Morgan fingerprint density at radius 2 is 2.24 bits per heavy atom. The van der Waals surface area contributed by atoms with Gasteiger partial charge in [0.1, 0.15) is 5.82 Å². The fraction of sp³-hybridized carbons (Fsp3) is 0.500. The SMILES string of the molecule is CC[C@H](CO)Nc1ccc(C(=O)N(C)C)cn1. The second-order valence-corrected chi connectivity index (χ2v) is 4.06. The summed E-state index contributed by atoms with van der Waals surface area (Å²) in [5.41, 5.74) is 0.553. The minimum Gasteiger partial charge on any atom is -0.394 e. The molecule has 94 valence electrons. The number of nitrogens with zero attached hydrogens (tertiary/aromatic N) is 2. The number of nitrogens with one attached hydrogen (secondary N) is 1. The summed E-state index contributed by atoms with van der Waals surface area (Å²) < 4.78 is 0. The number of rotatable bonds is 5. The summed E-state index contributed by atoms with van der Waals surface area (Å²) in [6.07, 6.45) is 2.35. The van der Waals surface area contributed by atoms with Crippen molar-refractivity contribution in [2.75, 3.05) is 26.0 Å². The number of aliphatic hydroxyl groups is 1. The van der Waals surface area contributed by atoms with E-state index in [0.717, 1.165) is 6.42 Å².